The Bertz CT molecular complexity index is 499. The third kappa shape index (κ3) is 4.58. The van der Waals surface area contributed by atoms with Gasteiger partial charge in [-0.3, -0.25) is 4.79 Å². The van der Waals surface area contributed by atoms with Gasteiger partial charge in [0.05, 0.1) is 6.54 Å². The van der Waals surface area contributed by atoms with Gasteiger partial charge in [0.2, 0.25) is 5.91 Å². The Morgan fingerprint density at radius 3 is 2.33 bits per heavy atom. The van der Waals surface area contributed by atoms with Crippen LogP contribution in [0.3, 0.4) is 0 Å². The third-order valence-corrected chi connectivity index (χ3v) is 3.08. The zero-order chi connectivity index (χ0) is 16.2. The minimum Gasteiger partial charge on any atom is -0.373 e. The van der Waals surface area contributed by atoms with E-state index in [1.807, 2.05) is 39.8 Å². The molecule has 0 aliphatic rings. The van der Waals surface area contributed by atoms with Crippen LogP contribution in [-0.2, 0) is 4.79 Å². The van der Waals surface area contributed by atoms with Crippen LogP contribution in [0, 0.1) is 6.92 Å². The summed E-state index contributed by atoms with van der Waals surface area (Å²) in [5.74, 6) is 2.59. The van der Waals surface area contributed by atoms with Crippen LogP contribution in [0.5, 0.6) is 0 Å². The summed E-state index contributed by atoms with van der Waals surface area (Å²) in [7, 11) is 3.72. The number of hydrogen-bond acceptors (Lipinski definition) is 5. The van der Waals surface area contributed by atoms with E-state index in [0.29, 0.717) is 0 Å². The molecule has 1 aromatic heterocycles. The largest absolute Gasteiger partial charge is 0.373 e. The molecular weight excluding hydrogens is 266 g/mol. The van der Waals surface area contributed by atoms with Gasteiger partial charge in [0.15, 0.2) is 0 Å². The fraction of sp³-hybridized carbons (Fsp3) is 0.667. The molecule has 1 rings (SSSR count). The molecule has 1 heterocycles. The summed E-state index contributed by atoms with van der Waals surface area (Å²) < 4.78 is 0. The molecule has 0 aliphatic carbocycles. The second-order valence-corrected chi connectivity index (χ2v) is 5.86. The molecule has 0 aromatic carbocycles. The molecule has 0 atom stereocenters. The highest BCUT2D eigenvalue weighted by Gasteiger charge is 2.17. The molecule has 0 bridgehead atoms. The molecule has 0 saturated carbocycles. The quantitative estimate of drug-likeness (QED) is 0.838. The molecule has 1 amide bonds. The molecule has 0 aliphatic heterocycles. The van der Waals surface area contributed by atoms with Gasteiger partial charge in [-0.05, 0) is 20.8 Å². The van der Waals surface area contributed by atoms with Crippen LogP contribution in [0.15, 0.2) is 0 Å². The minimum absolute atomic E-state index is 0.0115. The van der Waals surface area contributed by atoms with E-state index >= 15 is 0 Å². The maximum atomic E-state index is 11.9. The highest BCUT2D eigenvalue weighted by Crippen LogP contribution is 2.24. The van der Waals surface area contributed by atoms with Crippen molar-refractivity contribution < 1.29 is 4.79 Å². The van der Waals surface area contributed by atoms with E-state index in [1.165, 1.54) is 0 Å². The number of aromatic nitrogens is 2. The van der Waals surface area contributed by atoms with Crippen LogP contribution in [0.1, 0.15) is 45.0 Å². The number of likely N-dealkylation sites (N-methyl/N-ethyl adjacent to an activating group) is 1. The van der Waals surface area contributed by atoms with Gasteiger partial charge in [-0.15, -0.1) is 0 Å². The Morgan fingerprint density at radius 2 is 1.86 bits per heavy atom. The summed E-state index contributed by atoms with van der Waals surface area (Å²) in [4.78, 5) is 22.9. The summed E-state index contributed by atoms with van der Waals surface area (Å²) in [5.41, 5.74) is 0.946. The predicted molar refractivity (Wildman–Crippen MR) is 87.0 cm³/mol. The van der Waals surface area contributed by atoms with Gasteiger partial charge in [0, 0.05) is 31.6 Å². The smallest absolute Gasteiger partial charge is 0.239 e. The minimum atomic E-state index is -0.0115. The van der Waals surface area contributed by atoms with Crippen LogP contribution in [0.25, 0.3) is 0 Å². The molecule has 0 spiro atoms. The molecule has 6 nitrogen and oxygen atoms in total. The number of amides is 1. The maximum Gasteiger partial charge on any atom is 0.239 e. The van der Waals surface area contributed by atoms with Gasteiger partial charge >= 0.3 is 0 Å². The lowest BCUT2D eigenvalue weighted by Gasteiger charge is -2.23. The van der Waals surface area contributed by atoms with E-state index in [9.17, 15) is 4.79 Å². The predicted octanol–water partition coefficient (Wildman–Crippen LogP) is 1.91. The molecule has 118 valence electrons. The van der Waals surface area contributed by atoms with E-state index in [0.717, 1.165) is 23.0 Å². The lowest BCUT2D eigenvalue weighted by atomic mass is 10.2. The van der Waals surface area contributed by atoms with Gasteiger partial charge < -0.3 is 15.5 Å². The summed E-state index contributed by atoms with van der Waals surface area (Å²) >= 11 is 0. The van der Waals surface area contributed by atoms with Crippen molar-refractivity contribution >= 4 is 17.5 Å². The highest BCUT2D eigenvalue weighted by molar-refractivity contribution is 5.81. The average molecular weight is 293 g/mol. The Balaban J connectivity index is 3.04. The molecule has 0 unspecified atom stereocenters. The van der Waals surface area contributed by atoms with Gasteiger partial charge in [0.25, 0.3) is 0 Å². The van der Waals surface area contributed by atoms with Crippen LogP contribution < -0.4 is 15.5 Å². The van der Waals surface area contributed by atoms with Gasteiger partial charge in [-0.1, -0.05) is 13.8 Å². The summed E-state index contributed by atoms with van der Waals surface area (Å²) in [5, 5.41) is 5.98. The third-order valence-electron chi connectivity index (χ3n) is 3.08. The molecule has 0 saturated heterocycles. The molecule has 6 heteroatoms. The normalized spacial score (nSPS) is 10.9. The van der Waals surface area contributed by atoms with Gasteiger partial charge in [-0.25, -0.2) is 9.97 Å². The van der Waals surface area contributed by atoms with Crippen molar-refractivity contribution in [3.05, 3.63) is 11.4 Å². The van der Waals surface area contributed by atoms with E-state index in [-0.39, 0.29) is 24.4 Å². The fourth-order valence-corrected chi connectivity index (χ4v) is 2.05. The Kier molecular flexibility index (Phi) is 5.93. The highest BCUT2D eigenvalue weighted by atomic mass is 16.2. The fourth-order valence-electron chi connectivity index (χ4n) is 2.05. The summed E-state index contributed by atoms with van der Waals surface area (Å²) in [6, 6.07) is 0.136. The molecule has 0 radical (unpaired) electrons. The average Bonchev–Trinajstić information content (AvgIpc) is 2.37. The monoisotopic (exact) mass is 293 g/mol. The molecule has 0 fully saturated rings. The zero-order valence-electron chi connectivity index (χ0n) is 14.1. The summed E-state index contributed by atoms with van der Waals surface area (Å²) in [6.45, 7) is 10.2. The summed E-state index contributed by atoms with van der Waals surface area (Å²) in [6.07, 6.45) is 0. The second kappa shape index (κ2) is 7.24. The van der Waals surface area contributed by atoms with Crippen molar-refractivity contribution in [1.82, 2.24) is 15.3 Å². The van der Waals surface area contributed by atoms with Crippen molar-refractivity contribution in [2.24, 2.45) is 0 Å². The Morgan fingerprint density at radius 1 is 1.24 bits per heavy atom. The first kappa shape index (κ1) is 17.2. The molecule has 1 aromatic rings. The van der Waals surface area contributed by atoms with Crippen LogP contribution >= 0.6 is 0 Å². The number of carbonyl (C=O) groups excluding carboxylic acids is 1. The van der Waals surface area contributed by atoms with E-state index in [4.69, 9.17) is 0 Å². The van der Waals surface area contributed by atoms with E-state index < -0.39 is 0 Å². The van der Waals surface area contributed by atoms with Crippen molar-refractivity contribution in [1.29, 1.82) is 0 Å². The van der Waals surface area contributed by atoms with Crippen molar-refractivity contribution in [3.63, 3.8) is 0 Å². The van der Waals surface area contributed by atoms with Crippen LogP contribution in [0.4, 0.5) is 11.6 Å². The van der Waals surface area contributed by atoms with E-state index in [1.54, 1.807) is 0 Å². The lowest BCUT2D eigenvalue weighted by molar-refractivity contribution is -0.120. The van der Waals surface area contributed by atoms with Crippen LogP contribution in [0.2, 0.25) is 0 Å². The van der Waals surface area contributed by atoms with Crippen molar-refractivity contribution in [3.8, 4) is 0 Å². The first-order chi connectivity index (χ1) is 9.76. The number of nitrogens with one attached hydrogen (secondary N) is 2. The number of anilines is 2. The van der Waals surface area contributed by atoms with Gasteiger partial charge in [0.1, 0.15) is 17.5 Å². The standard InChI is InChI=1S/C15H27N5O/c1-9(2)13-18-14(16-6)11(5)15(19-13)20(7)8-12(21)17-10(3)4/h9-10H,8H2,1-7H3,(H,17,21)(H,16,18,19). The number of hydrogen-bond donors (Lipinski definition) is 2. The molecular formula is C15H27N5O. The topological polar surface area (TPSA) is 70.2 Å². The first-order valence-corrected chi connectivity index (χ1v) is 7.33. The number of nitrogens with zero attached hydrogens (tertiary/aromatic N) is 3. The Hall–Kier alpha value is -1.85. The maximum absolute atomic E-state index is 11.9. The van der Waals surface area contributed by atoms with E-state index in [2.05, 4.69) is 34.4 Å². The first-order valence-electron chi connectivity index (χ1n) is 7.33. The second-order valence-electron chi connectivity index (χ2n) is 5.86. The zero-order valence-corrected chi connectivity index (χ0v) is 14.1. The number of rotatable bonds is 6. The van der Waals surface area contributed by atoms with Crippen LogP contribution in [-0.4, -0.2) is 42.6 Å². The molecule has 2 N–H and O–H groups in total. The Labute approximate surface area is 127 Å². The number of carbonyl (C=O) groups is 1. The SMILES string of the molecule is CNc1nc(C(C)C)nc(N(C)CC(=O)NC(C)C)c1C. The lowest BCUT2D eigenvalue weighted by Crippen LogP contribution is -2.39. The van der Waals surface area contributed by atoms with Crippen molar-refractivity contribution in [2.75, 3.05) is 30.9 Å². The van der Waals surface area contributed by atoms with Crippen molar-refractivity contribution in [2.45, 2.75) is 46.6 Å². The van der Waals surface area contributed by atoms with Gasteiger partial charge in [-0.2, -0.15) is 0 Å². The molecule has 21 heavy (non-hydrogen) atoms.